The summed E-state index contributed by atoms with van der Waals surface area (Å²) in [6.07, 6.45) is 0.749. The molecule has 0 radical (unpaired) electrons. The van der Waals surface area contributed by atoms with E-state index in [-0.39, 0.29) is 29.3 Å². The van der Waals surface area contributed by atoms with E-state index in [1.54, 1.807) is 43.3 Å². The van der Waals surface area contributed by atoms with Crippen LogP contribution in [0.3, 0.4) is 0 Å². The van der Waals surface area contributed by atoms with Crippen LogP contribution in [0.1, 0.15) is 69.2 Å². The van der Waals surface area contributed by atoms with Gasteiger partial charge in [0.15, 0.2) is 0 Å². The number of benzene rings is 3. The Kier molecular flexibility index (Phi) is 10.7. The van der Waals surface area contributed by atoms with Crippen LogP contribution in [0, 0.1) is 13.8 Å². The number of nitrogens with one attached hydrogen (secondary N) is 1. The van der Waals surface area contributed by atoms with Crippen molar-refractivity contribution in [3.63, 3.8) is 0 Å². The molecule has 2 amide bonds. The van der Waals surface area contributed by atoms with Gasteiger partial charge in [-0.2, -0.15) is 0 Å². The van der Waals surface area contributed by atoms with Gasteiger partial charge in [-0.1, -0.05) is 80.4 Å². The molecule has 3 aromatic carbocycles. The van der Waals surface area contributed by atoms with Gasteiger partial charge in [0.25, 0.3) is 10.0 Å². The molecule has 0 spiro atoms. The molecule has 41 heavy (non-hydrogen) atoms. The number of nitrogens with zero attached hydrogens (tertiary/aromatic N) is 2. The lowest BCUT2D eigenvalue weighted by atomic mass is 10.0. The van der Waals surface area contributed by atoms with E-state index < -0.39 is 28.5 Å². The van der Waals surface area contributed by atoms with E-state index in [1.807, 2.05) is 64.1 Å². The van der Waals surface area contributed by atoms with Crippen molar-refractivity contribution >= 4 is 27.5 Å². The van der Waals surface area contributed by atoms with Crippen LogP contribution in [0.25, 0.3) is 0 Å². The maximum Gasteiger partial charge on any atom is 0.264 e. The van der Waals surface area contributed by atoms with Crippen molar-refractivity contribution in [1.29, 1.82) is 0 Å². The zero-order valence-electron chi connectivity index (χ0n) is 25.2. The molecule has 0 aliphatic carbocycles. The van der Waals surface area contributed by atoms with E-state index in [4.69, 9.17) is 0 Å². The van der Waals surface area contributed by atoms with Crippen LogP contribution in [-0.2, 0) is 26.2 Å². The van der Waals surface area contributed by atoms with Crippen LogP contribution in [-0.4, -0.2) is 43.8 Å². The summed E-state index contributed by atoms with van der Waals surface area (Å²) in [5.41, 5.74) is 4.30. The highest BCUT2D eigenvalue weighted by molar-refractivity contribution is 7.92. The predicted octanol–water partition coefficient (Wildman–Crippen LogP) is 5.95. The third-order valence-electron chi connectivity index (χ3n) is 7.38. The maximum absolute atomic E-state index is 14.0. The van der Waals surface area contributed by atoms with Crippen LogP contribution < -0.4 is 9.62 Å². The smallest absolute Gasteiger partial charge is 0.264 e. The number of hydrogen-bond acceptors (Lipinski definition) is 4. The summed E-state index contributed by atoms with van der Waals surface area (Å²) in [5.74, 6) is -0.488. The van der Waals surface area contributed by atoms with Gasteiger partial charge in [0.2, 0.25) is 11.8 Å². The molecule has 0 heterocycles. The molecule has 1 N–H and O–H groups in total. The second-order valence-corrected chi connectivity index (χ2v) is 12.9. The van der Waals surface area contributed by atoms with E-state index in [0.29, 0.717) is 5.69 Å². The summed E-state index contributed by atoms with van der Waals surface area (Å²) in [4.78, 5) is 28.8. The van der Waals surface area contributed by atoms with Gasteiger partial charge in [-0.15, -0.1) is 0 Å². The van der Waals surface area contributed by atoms with Gasteiger partial charge in [0.05, 0.1) is 10.6 Å². The number of aryl methyl sites for hydroxylation is 2. The Labute approximate surface area is 245 Å². The first-order valence-corrected chi connectivity index (χ1v) is 15.6. The van der Waals surface area contributed by atoms with Crippen LogP contribution in [0.15, 0.2) is 77.7 Å². The first kappa shape index (κ1) is 31.9. The van der Waals surface area contributed by atoms with Crippen molar-refractivity contribution in [2.24, 2.45) is 0 Å². The number of carbonyl (C=O) groups is 2. The summed E-state index contributed by atoms with van der Waals surface area (Å²) >= 11 is 0. The lowest BCUT2D eigenvalue weighted by Gasteiger charge is -2.32. The van der Waals surface area contributed by atoms with Crippen molar-refractivity contribution in [3.8, 4) is 0 Å². The number of carbonyl (C=O) groups excluding carboxylic acids is 2. The van der Waals surface area contributed by atoms with E-state index in [9.17, 15) is 18.0 Å². The summed E-state index contributed by atoms with van der Waals surface area (Å²) in [6, 6.07) is 20.7. The topological polar surface area (TPSA) is 86.8 Å². The fourth-order valence-corrected chi connectivity index (χ4v) is 5.74. The number of rotatable bonds is 12. The summed E-state index contributed by atoms with van der Waals surface area (Å²) in [5, 5.41) is 2.96. The highest BCUT2D eigenvalue weighted by Crippen LogP contribution is 2.27. The molecule has 220 valence electrons. The third-order valence-corrected chi connectivity index (χ3v) is 9.17. The van der Waals surface area contributed by atoms with Gasteiger partial charge in [0.1, 0.15) is 12.6 Å². The van der Waals surface area contributed by atoms with Crippen molar-refractivity contribution in [1.82, 2.24) is 10.2 Å². The molecule has 0 aromatic heterocycles. The number of anilines is 1. The first-order valence-electron chi connectivity index (χ1n) is 14.2. The molecular weight excluding hydrogens is 534 g/mol. The van der Waals surface area contributed by atoms with Crippen LogP contribution >= 0.6 is 0 Å². The highest BCUT2D eigenvalue weighted by Gasteiger charge is 2.32. The minimum absolute atomic E-state index is 0.0563. The number of hydrogen-bond donors (Lipinski definition) is 1. The van der Waals surface area contributed by atoms with E-state index in [0.717, 1.165) is 33.0 Å². The molecule has 0 saturated carbocycles. The molecule has 7 nitrogen and oxygen atoms in total. The van der Waals surface area contributed by atoms with Crippen molar-refractivity contribution < 1.29 is 18.0 Å². The molecule has 0 aliphatic rings. The maximum atomic E-state index is 14.0. The fraction of sp³-hybridized carbons (Fsp3) is 0.394. The van der Waals surface area contributed by atoms with Gasteiger partial charge in [-0.25, -0.2) is 8.42 Å². The van der Waals surface area contributed by atoms with Gasteiger partial charge in [-0.05, 0) is 75.4 Å². The normalized spacial score (nSPS) is 13.0. The quantitative estimate of drug-likeness (QED) is 0.288. The Morgan fingerprint density at radius 3 is 1.85 bits per heavy atom. The molecule has 3 aromatic rings. The van der Waals surface area contributed by atoms with Crippen molar-refractivity contribution in [2.75, 3.05) is 10.8 Å². The lowest BCUT2D eigenvalue weighted by molar-refractivity contribution is -0.139. The Balaban J connectivity index is 2.03. The van der Waals surface area contributed by atoms with Gasteiger partial charge >= 0.3 is 0 Å². The van der Waals surface area contributed by atoms with Gasteiger partial charge in [0, 0.05) is 12.6 Å². The Hall–Kier alpha value is -3.65. The lowest BCUT2D eigenvalue weighted by Crippen LogP contribution is -2.52. The zero-order chi connectivity index (χ0) is 30.3. The minimum atomic E-state index is -4.09. The van der Waals surface area contributed by atoms with E-state index >= 15 is 0 Å². The second kappa shape index (κ2) is 13.8. The van der Waals surface area contributed by atoms with Crippen molar-refractivity contribution in [3.05, 3.63) is 95.1 Å². The molecule has 0 saturated heterocycles. The standard InChI is InChI=1S/C33H43N3O4S/c1-8-26(6)34-33(38)27(7)35(21-28-13-9-24(4)10-14-28)32(37)22-36(30-17-15-29(16-18-30)23(2)3)41(39,40)31-19-11-25(5)12-20-31/h9-20,23,26-27H,8,21-22H2,1-7H3,(H,34,38)/t26-,27+/m1/s1. The predicted molar refractivity (Wildman–Crippen MR) is 165 cm³/mol. The average molecular weight is 578 g/mol. The Morgan fingerprint density at radius 1 is 0.805 bits per heavy atom. The largest absolute Gasteiger partial charge is 0.352 e. The SMILES string of the molecule is CC[C@@H](C)NC(=O)[C@H](C)N(Cc1ccc(C)cc1)C(=O)CN(c1ccc(C(C)C)cc1)S(=O)(=O)c1ccc(C)cc1. The molecule has 8 heteroatoms. The van der Waals surface area contributed by atoms with Gasteiger partial charge < -0.3 is 10.2 Å². The van der Waals surface area contributed by atoms with Gasteiger partial charge in [-0.3, -0.25) is 13.9 Å². The Morgan fingerprint density at radius 2 is 1.34 bits per heavy atom. The molecule has 0 unspecified atom stereocenters. The average Bonchev–Trinajstić information content (AvgIpc) is 2.95. The van der Waals surface area contributed by atoms with Crippen molar-refractivity contribution in [2.45, 2.75) is 84.3 Å². The first-order chi connectivity index (χ1) is 19.3. The molecule has 0 aliphatic heterocycles. The van der Waals surface area contributed by atoms with Crippen LogP contribution in [0.2, 0.25) is 0 Å². The highest BCUT2D eigenvalue weighted by atomic mass is 32.2. The van der Waals surface area contributed by atoms with Crippen LogP contribution in [0.4, 0.5) is 5.69 Å². The summed E-state index contributed by atoms with van der Waals surface area (Å²) in [6.45, 7) is 13.3. The number of amides is 2. The second-order valence-electron chi connectivity index (χ2n) is 11.1. The molecular formula is C33H43N3O4S. The summed E-state index contributed by atoms with van der Waals surface area (Å²) < 4.78 is 29.1. The Bertz CT molecular complexity index is 1420. The van der Waals surface area contributed by atoms with Crippen LogP contribution in [0.5, 0.6) is 0 Å². The zero-order valence-corrected chi connectivity index (χ0v) is 26.0. The van der Waals surface area contributed by atoms with E-state index in [2.05, 4.69) is 19.2 Å². The third kappa shape index (κ3) is 8.19. The molecule has 3 rings (SSSR count). The van der Waals surface area contributed by atoms with E-state index in [1.165, 1.54) is 4.90 Å². The summed E-state index contributed by atoms with van der Waals surface area (Å²) in [7, 11) is -4.09. The molecule has 2 atom stereocenters. The molecule has 0 fully saturated rings. The number of sulfonamides is 1. The minimum Gasteiger partial charge on any atom is -0.352 e. The monoisotopic (exact) mass is 577 g/mol. The fourth-order valence-electron chi connectivity index (χ4n) is 4.33. The molecule has 0 bridgehead atoms.